The minimum atomic E-state index is 0.699. The molecule has 2 aromatic heterocycles. The van der Waals surface area contributed by atoms with E-state index in [1.54, 1.807) is 11.8 Å². The van der Waals surface area contributed by atoms with Crippen LogP contribution in [0.1, 0.15) is 11.5 Å². The van der Waals surface area contributed by atoms with Gasteiger partial charge in [0.25, 0.3) is 0 Å². The predicted molar refractivity (Wildman–Crippen MR) is 61.9 cm³/mol. The molecule has 15 heavy (non-hydrogen) atoms. The monoisotopic (exact) mass is 260 g/mol. The number of hydrogen-bond acceptors (Lipinski definition) is 9. The number of thioether (sulfide) groups is 1. The van der Waals surface area contributed by atoms with Gasteiger partial charge in [-0.2, -0.15) is 4.37 Å². The van der Waals surface area contributed by atoms with E-state index < -0.39 is 0 Å². The molecule has 2 aromatic rings. The highest BCUT2D eigenvalue weighted by atomic mass is 32.2. The van der Waals surface area contributed by atoms with Crippen molar-refractivity contribution in [1.82, 2.24) is 18.9 Å². The van der Waals surface area contributed by atoms with Gasteiger partial charge >= 0.3 is 0 Å². The van der Waals surface area contributed by atoms with E-state index in [9.17, 15) is 0 Å². The van der Waals surface area contributed by atoms with Crippen LogP contribution in [0.25, 0.3) is 0 Å². The molecule has 0 saturated heterocycles. The second-order valence-corrected chi connectivity index (χ2v) is 5.32. The normalized spacial score (nSPS) is 10.5. The lowest BCUT2D eigenvalue weighted by Crippen LogP contribution is -2.06. The summed E-state index contributed by atoms with van der Waals surface area (Å²) in [4.78, 5) is 4.24. The van der Waals surface area contributed by atoms with Gasteiger partial charge in [-0.25, -0.2) is 10.8 Å². The van der Waals surface area contributed by atoms with Crippen LogP contribution < -0.4 is 11.3 Å². The predicted octanol–water partition coefficient (Wildman–Crippen LogP) is 1.28. The summed E-state index contributed by atoms with van der Waals surface area (Å²) in [5, 5.41) is 4.77. The Hall–Kier alpha value is -0.770. The Morgan fingerprint density at radius 3 is 3.00 bits per heavy atom. The fraction of sp³-hybridized carbons (Fsp3) is 0.333. The van der Waals surface area contributed by atoms with E-state index in [0.29, 0.717) is 5.75 Å². The van der Waals surface area contributed by atoms with E-state index in [1.807, 2.05) is 6.92 Å². The summed E-state index contributed by atoms with van der Waals surface area (Å²) in [5.41, 5.74) is 3.41. The van der Waals surface area contributed by atoms with Gasteiger partial charge in [-0.05, 0) is 18.5 Å². The number of rotatable bonds is 4. The molecule has 6 nitrogen and oxygen atoms in total. The maximum Gasteiger partial charge on any atom is 0.170 e. The van der Waals surface area contributed by atoms with E-state index in [0.717, 1.165) is 20.9 Å². The molecule has 2 heterocycles. The Morgan fingerprint density at radius 1 is 1.47 bits per heavy atom. The molecule has 0 aromatic carbocycles. The lowest BCUT2D eigenvalue weighted by molar-refractivity contribution is 1.06. The van der Waals surface area contributed by atoms with Crippen molar-refractivity contribution in [3.63, 3.8) is 0 Å². The van der Waals surface area contributed by atoms with E-state index in [4.69, 9.17) is 5.84 Å². The number of nitrogens with zero attached hydrogens (tertiary/aromatic N) is 4. The van der Waals surface area contributed by atoms with E-state index in [-0.39, 0.29) is 0 Å². The highest BCUT2D eigenvalue weighted by molar-refractivity contribution is 8.00. The van der Waals surface area contributed by atoms with Crippen molar-refractivity contribution in [2.45, 2.75) is 17.0 Å². The number of hydrazine groups is 1. The maximum absolute atomic E-state index is 5.31. The van der Waals surface area contributed by atoms with Crippen LogP contribution in [0.5, 0.6) is 0 Å². The van der Waals surface area contributed by atoms with Crippen molar-refractivity contribution in [2.24, 2.45) is 5.84 Å². The van der Waals surface area contributed by atoms with Gasteiger partial charge in [-0.15, -0.1) is 5.10 Å². The molecule has 0 bridgehead atoms. The maximum atomic E-state index is 5.31. The molecule has 9 heteroatoms. The Labute approximate surface area is 98.6 Å². The van der Waals surface area contributed by atoms with E-state index in [1.165, 1.54) is 23.1 Å². The Morgan fingerprint density at radius 2 is 2.33 bits per heavy atom. The van der Waals surface area contributed by atoms with Crippen molar-refractivity contribution < 1.29 is 0 Å². The molecule has 0 aliphatic heterocycles. The molecule has 0 saturated carbocycles. The Balaban J connectivity index is 1.98. The SMILES string of the molecule is Cc1nsc(SCc2nnsc2NN)n1. The average Bonchev–Trinajstić information content (AvgIpc) is 2.83. The first kappa shape index (κ1) is 10.7. The molecule has 0 radical (unpaired) electrons. The molecule has 0 unspecified atom stereocenters. The highest BCUT2D eigenvalue weighted by Crippen LogP contribution is 2.27. The summed E-state index contributed by atoms with van der Waals surface area (Å²) < 4.78 is 8.84. The van der Waals surface area contributed by atoms with Crippen molar-refractivity contribution in [3.05, 3.63) is 11.5 Å². The molecule has 0 fully saturated rings. The molecule has 2 rings (SSSR count). The number of nitrogens with one attached hydrogen (secondary N) is 1. The number of aryl methyl sites for hydroxylation is 1. The summed E-state index contributed by atoms with van der Waals surface area (Å²) in [6, 6.07) is 0. The molecule has 0 atom stereocenters. The standard InChI is InChI=1S/C6H8N6S3/c1-3-8-6(15-11-3)13-2-4-5(9-7)14-12-10-4/h9H,2,7H2,1H3. The molecule has 0 amide bonds. The minimum Gasteiger partial charge on any atom is -0.313 e. The number of nitrogen functional groups attached to an aromatic ring is 1. The zero-order valence-electron chi connectivity index (χ0n) is 7.80. The number of hydrogen-bond donors (Lipinski definition) is 2. The van der Waals surface area contributed by atoms with Gasteiger partial charge in [0.05, 0.1) is 0 Å². The van der Waals surface area contributed by atoms with Crippen LogP contribution in [-0.4, -0.2) is 18.9 Å². The van der Waals surface area contributed by atoms with Gasteiger partial charge in [0.15, 0.2) is 4.34 Å². The van der Waals surface area contributed by atoms with Crippen LogP contribution in [0, 0.1) is 6.92 Å². The van der Waals surface area contributed by atoms with Crippen molar-refractivity contribution in [3.8, 4) is 0 Å². The third-order valence-corrected chi connectivity index (χ3v) is 4.16. The van der Waals surface area contributed by atoms with Gasteiger partial charge in [-0.1, -0.05) is 16.3 Å². The van der Waals surface area contributed by atoms with Crippen LogP contribution in [0.4, 0.5) is 5.00 Å². The summed E-state index contributed by atoms with van der Waals surface area (Å²) in [6.45, 7) is 1.87. The summed E-state index contributed by atoms with van der Waals surface area (Å²) in [6.07, 6.45) is 0. The zero-order valence-corrected chi connectivity index (χ0v) is 10.2. The zero-order chi connectivity index (χ0) is 10.7. The second-order valence-electron chi connectivity index (χ2n) is 2.59. The second kappa shape index (κ2) is 4.84. The van der Waals surface area contributed by atoms with Crippen LogP contribution in [-0.2, 0) is 5.75 Å². The first-order valence-corrected chi connectivity index (χ1v) is 6.54. The highest BCUT2D eigenvalue weighted by Gasteiger charge is 2.08. The van der Waals surface area contributed by atoms with Crippen molar-refractivity contribution in [1.29, 1.82) is 0 Å². The molecular weight excluding hydrogens is 252 g/mol. The minimum absolute atomic E-state index is 0.699. The number of anilines is 1. The lowest BCUT2D eigenvalue weighted by Gasteiger charge is -1.96. The van der Waals surface area contributed by atoms with Crippen LogP contribution >= 0.6 is 34.8 Å². The van der Waals surface area contributed by atoms with Crippen LogP contribution in [0.3, 0.4) is 0 Å². The molecular formula is C6H8N6S3. The average molecular weight is 260 g/mol. The molecule has 0 aliphatic carbocycles. The number of aromatic nitrogens is 4. The third kappa shape index (κ3) is 2.62. The van der Waals surface area contributed by atoms with E-state index >= 15 is 0 Å². The third-order valence-electron chi connectivity index (χ3n) is 1.53. The molecule has 0 aliphatic rings. The molecule has 80 valence electrons. The first-order chi connectivity index (χ1) is 7.29. The number of nitrogens with two attached hydrogens (primary N) is 1. The van der Waals surface area contributed by atoms with E-state index in [2.05, 4.69) is 24.4 Å². The van der Waals surface area contributed by atoms with Gasteiger partial charge in [0.1, 0.15) is 16.5 Å². The largest absolute Gasteiger partial charge is 0.313 e. The van der Waals surface area contributed by atoms with Crippen molar-refractivity contribution >= 4 is 39.8 Å². The van der Waals surface area contributed by atoms with Crippen LogP contribution in [0.2, 0.25) is 0 Å². The van der Waals surface area contributed by atoms with Gasteiger partial charge in [0, 0.05) is 17.3 Å². The van der Waals surface area contributed by atoms with Crippen molar-refractivity contribution in [2.75, 3.05) is 5.43 Å². The van der Waals surface area contributed by atoms with Gasteiger partial charge < -0.3 is 5.43 Å². The first-order valence-electron chi connectivity index (χ1n) is 4.00. The quantitative estimate of drug-likeness (QED) is 0.486. The van der Waals surface area contributed by atoms with Gasteiger partial charge in [0.2, 0.25) is 0 Å². The van der Waals surface area contributed by atoms with Crippen LogP contribution in [0.15, 0.2) is 4.34 Å². The smallest absolute Gasteiger partial charge is 0.170 e. The summed E-state index contributed by atoms with van der Waals surface area (Å²) in [7, 11) is 0. The molecule has 3 N–H and O–H groups in total. The lowest BCUT2D eigenvalue weighted by atomic mass is 10.5. The fourth-order valence-electron chi connectivity index (χ4n) is 0.879. The fourth-order valence-corrected chi connectivity index (χ4v) is 3.05. The topological polar surface area (TPSA) is 89.6 Å². The Kier molecular flexibility index (Phi) is 3.46. The summed E-state index contributed by atoms with van der Waals surface area (Å²) in [5.74, 6) is 6.81. The molecule has 0 spiro atoms. The Bertz CT molecular complexity index is 438. The van der Waals surface area contributed by atoms with Gasteiger partial charge in [-0.3, -0.25) is 0 Å². The summed E-state index contributed by atoms with van der Waals surface area (Å²) >= 11 is 4.22.